The zero-order valence-electron chi connectivity index (χ0n) is 8.61. The molecule has 15 heavy (non-hydrogen) atoms. The summed E-state index contributed by atoms with van der Waals surface area (Å²) in [4.78, 5) is 22.2. The summed E-state index contributed by atoms with van der Waals surface area (Å²) in [5, 5.41) is 0. The maximum atomic E-state index is 11.3. The van der Waals surface area contributed by atoms with Crippen molar-refractivity contribution in [2.24, 2.45) is 0 Å². The first-order chi connectivity index (χ1) is 7.13. The van der Waals surface area contributed by atoms with Crippen molar-refractivity contribution < 1.29 is 18.7 Å². The molecule has 0 aliphatic rings. The van der Waals surface area contributed by atoms with Gasteiger partial charge in [0.15, 0.2) is 6.61 Å². The molecule has 82 valence electrons. The highest BCUT2D eigenvalue weighted by molar-refractivity contribution is 5.71. The quantitative estimate of drug-likeness (QED) is 0.693. The maximum Gasteiger partial charge on any atom is 0.344 e. The van der Waals surface area contributed by atoms with Crippen molar-refractivity contribution in [1.29, 1.82) is 0 Å². The maximum absolute atomic E-state index is 11.3. The van der Waals surface area contributed by atoms with Gasteiger partial charge in [0, 0.05) is 6.07 Å². The smallest absolute Gasteiger partial charge is 0.344 e. The fourth-order valence-corrected chi connectivity index (χ4v) is 0.939. The molecule has 0 amide bonds. The molecule has 0 saturated carbocycles. The highest BCUT2D eigenvalue weighted by Crippen LogP contribution is 2.04. The molecule has 5 nitrogen and oxygen atoms in total. The molecule has 0 atom stereocenters. The molecule has 0 aliphatic carbocycles. The van der Waals surface area contributed by atoms with E-state index in [9.17, 15) is 9.59 Å². The molecule has 1 aromatic heterocycles. The van der Waals surface area contributed by atoms with Gasteiger partial charge in [0.25, 0.3) is 0 Å². The number of carbonyl (C=O) groups is 1. The number of aryl methyl sites for hydroxylation is 1. The molecular weight excluding hydrogens is 200 g/mol. The SMILES string of the molecule is CCOC(=O)COc1coc(C)cc1=O. The van der Waals surface area contributed by atoms with Crippen LogP contribution in [0, 0.1) is 6.92 Å². The summed E-state index contributed by atoms with van der Waals surface area (Å²) in [5.41, 5.74) is -0.317. The van der Waals surface area contributed by atoms with E-state index < -0.39 is 5.97 Å². The molecule has 0 N–H and O–H groups in total. The van der Waals surface area contributed by atoms with E-state index in [0.29, 0.717) is 5.76 Å². The Morgan fingerprint density at radius 2 is 2.27 bits per heavy atom. The Morgan fingerprint density at radius 1 is 1.53 bits per heavy atom. The molecule has 0 fully saturated rings. The predicted molar refractivity (Wildman–Crippen MR) is 51.8 cm³/mol. The molecule has 0 unspecified atom stereocenters. The molecule has 1 heterocycles. The number of esters is 1. The van der Waals surface area contributed by atoms with Gasteiger partial charge in [-0.25, -0.2) is 4.79 Å². The zero-order chi connectivity index (χ0) is 11.3. The molecule has 1 aromatic rings. The third kappa shape index (κ3) is 3.46. The summed E-state index contributed by atoms with van der Waals surface area (Å²) in [6.45, 7) is 3.33. The fourth-order valence-electron chi connectivity index (χ4n) is 0.939. The topological polar surface area (TPSA) is 65.7 Å². The molecule has 5 heteroatoms. The van der Waals surface area contributed by atoms with E-state index in [1.165, 1.54) is 12.3 Å². The predicted octanol–water partition coefficient (Wildman–Crippen LogP) is 0.890. The van der Waals surface area contributed by atoms with Gasteiger partial charge in [0.2, 0.25) is 11.2 Å². The van der Waals surface area contributed by atoms with Crippen molar-refractivity contribution >= 4 is 5.97 Å². The van der Waals surface area contributed by atoms with Crippen LogP contribution in [-0.2, 0) is 9.53 Å². The van der Waals surface area contributed by atoms with Crippen LogP contribution >= 0.6 is 0 Å². The van der Waals surface area contributed by atoms with Crippen LogP contribution in [0.5, 0.6) is 5.75 Å². The van der Waals surface area contributed by atoms with E-state index in [-0.39, 0.29) is 24.4 Å². The van der Waals surface area contributed by atoms with Gasteiger partial charge in [-0.15, -0.1) is 0 Å². The monoisotopic (exact) mass is 212 g/mol. The third-order valence-electron chi connectivity index (χ3n) is 1.58. The number of carbonyl (C=O) groups excluding carboxylic acids is 1. The lowest BCUT2D eigenvalue weighted by atomic mass is 10.4. The minimum absolute atomic E-state index is 0.00801. The highest BCUT2D eigenvalue weighted by Gasteiger charge is 2.06. The molecule has 0 aliphatic heterocycles. The summed E-state index contributed by atoms with van der Waals surface area (Å²) in [6, 6.07) is 1.29. The van der Waals surface area contributed by atoms with Gasteiger partial charge in [0.05, 0.1) is 6.61 Å². The Balaban J connectivity index is 2.58. The van der Waals surface area contributed by atoms with E-state index in [1.807, 2.05) is 0 Å². The minimum Gasteiger partial charge on any atom is -0.475 e. The van der Waals surface area contributed by atoms with Gasteiger partial charge in [-0.2, -0.15) is 0 Å². The second-order valence-corrected chi connectivity index (χ2v) is 2.81. The van der Waals surface area contributed by atoms with Crippen molar-refractivity contribution in [3.63, 3.8) is 0 Å². The number of hydrogen-bond donors (Lipinski definition) is 0. The van der Waals surface area contributed by atoms with E-state index in [0.717, 1.165) is 0 Å². The standard InChI is InChI=1S/C10H12O5/c1-3-13-10(12)6-15-9-5-14-7(2)4-8(9)11/h4-5H,3,6H2,1-2H3. The lowest BCUT2D eigenvalue weighted by Gasteiger charge is -2.04. The van der Waals surface area contributed by atoms with Gasteiger partial charge in [-0.1, -0.05) is 0 Å². The van der Waals surface area contributed by atoms with Crippen molar-refractivity contribution in [2.45, 2.75) is 13.8 Å². The van der Waals surface area contributed by atoms with E-state index >= 15 is 0 Å². The van der Waals surface area contributed by atoms with Crippen LogP contribution in [0.1, 0.15) is 12.7 Å². The first-order valence-electron chi connectivity index (χ1n) is 4.51. The average Bonchev–Trinajstić information content (AvgIpc) is 2.17. The summed E-state index contributed by atoms with van der Waals surface area (Å²) < 4.78 is 14.5. The van der Waals surface area contributed by atoms with Gasteiger partial charge in [-0.05, 0) is 13.8 Å². The zero-order valence-corrected chi connectivity index (χ0v) is 8.61. The van der Waals surface area contributed by atoms with Crippen molar-refractivity contribution in [3.05, 3.63) is 28.3 Å². The van der Waals surface area contributed by atoms with Gasteiger partial charge < -0.3 is 13.9 Å². The Bertz CT molecular complexity index is 393. The summed E-state index contributed by atoms with van der Waals surface area (Å²) in [6.07, 6.45) is 1.18. The molecule has 1 rings (SSSR count). The molecule has 0 spiro atoms. The number of hydrogen-bond acceptors (Lipinski definition) is 5. The lowest BCUT2D eigenvalue weighted by Crippen LogP contribution is -2.17. The second kappa shape index (κ2) is 5.19. The van der Waals surface area contributed by atoms with Gasteiger partial charge in [0.1, 0.15) is 12.0 Å². The van der Waals surface area contributed by atoms with Crippen LogP contribution in [0.3, 0.4) is 0 Å². The van der Waals surface area contributed by atoms with Crippen molar-refractivity contribution in [1.82, 2.24) is 0 Å². The Labute approximate surface area is 86.6 Å². The normalized spacial score (nSPS) is 9.73. The number of ether oxygens (including phenoxy) is 2. The van der Waals surface area contributed by atoms with E-state index in [2.05, 4.69) is 4.74 Å². The van der Waals surface area contributed by atoms with Crippen molar-refractivity contribution in [3.8, 4) is 5.75 Å². The molecule has 0 radical (unpaired) electrons. The van der Waals surface area contributed by atoms with E-state index in [4.69, 9.17) is 9.15 Å². The first kappa shape index (κ1) is 11.3. The Hall–Kier alpha value is -1.78. The van der Waals surface area contributed by atoms with E-state index in [1.54, 1.807) is 13.8 Å². The van der Waals surface area contributed by atoms with Gasteiger partial charge >= 0.3 is 5.97 Å². The van der Waals surface area contributed by atoms with Crippen LogP contribution in [-0.4, -0.2) is 19.2 Å². The summed E-state index contributed by atoms with van der Waals surface area (Å²) in [7, 11) is 0. The first-order valence-corrected chi connectivity index (χ1v) is 4.51. The molecule has 0 aromatic carbocycles. The van der Waals surface area contributed by atoms with Crippen LogP contribution in [0.15, 0.2) is 21.5 Å². The highest BCUT2D eigenvalue weighted by atomic mass is 16.6. The fraction of sp³-hybridized carbons (Fsp3) is 0.400. The molecule has 0 bridgehead atoms. The largest absolute Gasteiger partial charge is 0.475 e. The number of rotatable bonds is 4. The summed E-state index contributed by atoms with van der Waals surface area (Å²) >= 11 is 0. The average molecular weight is 212 g/mol. The van der Waals surface area contributed by atoms with Crippen LogP contribution in [0.4, 0.5) is 0 Å². The molecule has 0 saturated heterocycles. The lowest BCUT2D eigenvalue weighted by molar-refractivity contribution is -0.145. The third-order valence-corrected chi connectivity index (χ3v) is 1.58. The second-order valence-electron chi connectivity index (χ2n) is 2.81. The Kier molecular flexibility index (Phi) is 3.91. The van der Waals surface area contributed by atoms with Gasteiger partial charge in [-0.3, -0.25) is 4.79 Å². The summed E-state index contributed by atoms with van der Waals surface area (Å²) in [5.74, 6) is -0.0189. The van der Waals surface area contributed by atoms with Crippen LogP contribution in [0.25, 0.3) is 0 Å². The van der Waals surface area contributed by atoms with Crippen LogP contribution in [0.2, 0.25) is 0 Å². The Morgan fingerprint density at radius 3 is 2.87 bits per heavy atom. The minimum atomic E-state index is -0.516. The molecular formula is C10H12O5. The van der Waals surface area contributed by atoms with Crippen LogP contribution < -0.4 is 10.2 Å². The van der Waals surface area contributed by atoms with Crippen molar-refractivity contribution in [2.75, 3.05) is 13.2 Å².